The van der Waals surface area contributed by atoms with E-state index in [0.717, 1.165) is 27.8 Å². The van der Waals surface area contributed by atoms with E-state index in [1.165, 1.54) is 40.5 Å². The van der Waals surface area contributed by atoms with E-state index in [-0.39, 0.29) is 16.9 Å². The van der Waals surface area contributed by atoms with Gasteiger partial charge in [0, 0.05) is 5.56 Å². The Bertz CT molecular complexity index is 1460. The molecule has 0 spiro atoms. The highest BCUT2D eigenvalue weighted by Gasteiger charge is 2.48. The van der Waals surface area contributed by atoms with Crippen LogP contribution in [0.25, 0.3) is 16.0 Å². The summed E-state index contributed by atoms with van der Waals surface area (Å²) in [5.74, 6) is -2.38. The second-order valence-corrected chi connectivity index (χ2v) is 9.25. The number of aryl methyl sites for hydroxylation is 2. The molecule has 0 saturated carbocycles. The Balaban J connectivity index is 1.71. The Kier molecular flexibility index (Phi) is 5.49. The van der Waals surface area contributed by atoms with Crippen LogP contribution in [0, 0.1) is 12.7 Å². The molecule has 34 heavy (non-hydrogen) atoms. The van der Waals surface area contributed by atoms with Crippen molar-refractivity contribution in [1.82, 2.24) is 4.98 Å². The third kappa shape index (κ3) is 3.68. The van der Waals surface area contributed by atoms with E-state index in [1.54, 1.807) is 0 Å². The van der Waals surface area contributed by atoms with Crippen molar-refractivity contribution in [2.75, 3.05) is 4.90 Å². The molecule has 7 heteroatoms. The summed E-state index contributed by atoms with van der Waals surface area (Å²) in [4.78, 5) is 32.5. The number of hydrogen-bond donors (Lipinski definition) is 1. The average molecular weight is 473 g/mol. The van der Waals surface area contributed by atoms with E-state index in [2.05, 4.69) is 11.9 Å². The van der Waals surface area contributed by atoms with Gasteiger partial charge < -0.3 is 5.11 Å². The molecule has 0 radical (unpaired) electrons. The summed E-state index contributed by atoms with van der Waals surface area (Å²) in [6.07, 6.45) is 0.870. The molecule has 1 N–H and O–H groups in total. The van der Waals surface area contributed by atoms with Gasteiger partial charge >= 0.3 is 5.91 Å². The van der Waals surface area contributed by atoms with Crippen LogP contribution in [0.5, 0.6) is 0 Å². The first kappa shape index (κ1) is 22.0. The summed E-state index contributed by atoms with van der Waals surface area (Å²) in [5, 5.41) is 11.5. The molecule has 0 aliphatic carbocycles. The van der Waals surface area contributed by atoms with Gasteiger partial charge in [0.25, 0.3) is 5.78 Å². The van der Waals surface area contributed by atoms with Gasteiger partial charge in [-0.05, 0) is 60.9 Å². The molecule has 170 valence electrons. The number of hydrogen-bond acceptors (Lipinski definition) is 5. The number of fused-ring (bicyclic) bond motifs is 1. The lowest BCUT2D eigenvalue weighted by molar-refractivity contribution is -0.132. The number of aromatic nitrogens is 1. The topological polar surface area (TPSA) is 70.5 Å². The number of Topliss-reactive ketones (excluding diaryl/α,β-unsaturated/α-hetero) is 1. The van der Waals surface area contributed by atoms with Crippen molar-refractivity contribution in [3.8, 4) is 0 Å². The third-order valence-electron chi connectivity index (χ3n) is 6.01. The summed E-state index contributed by atoms with van der Waals surface area (Å²) < 4.78 is 14.4. The van der Waals surface area contributed by atoms with Gasteiger partial charge in [0.05, 0.1) is 21.8 Å². The minimum Gasteiger partial charge on any atom is -0.507 e. The van der Waals surface area contributed by atoms with Crippen LogP contribution < -0.4 is 4.90 Å². The number of benzene rings is 3. The van der Waals surface area contributed by atoms with Crippen LogP contribution in [-0.4, -0.2) is 21.8 Å². The number of aliphatic hydroxyl groups is 1. The third-order valence-corrected chi connectivity index (χ3v) is 7.03. The number of carbonyl (C=O) groups is 2. The largest absolute Gasteiger partial charge is 0.507 e. The fraction of sp³-hybridized carbons (Fsp3) is 0.148. The molecule has 1 saturated heterocycles. The number of carbonyl (C=O) groups excluding carboxylic acids is 2. The predicted molar refractivity (Wildman–Crippen MR) is 131 cm³/mol. The average Bonchev–Trinajstić information content (AvgIpc) is 3.37. The highest BCUT2D eigenvalue weighted by atomic mass is 32.1. The molecular weight excluding hydrogens is 451 g/mol. The molecule has 0 unspecified atom stereocenters. The van der Waals surface area contributed by atoms with E-state index in [1.807, 2.05) is 49.4 Å². The quantitative estimate of drug-likeness (QED) is 0.227. The summed E-state index contributed by atoms with van der Waals surface area (Å²) >= 11 is 1.33. The Hall–Kier alpha value is -3.84. The van der Waals surface area contributed by atoms with Crippen molar-refractivity contribution < 1.29 is 19.1 Å². The number of anilines is 1. The summed E-state index contributed by atoms with van der Waals surface area (Å²) in [6, 6.07) is 17.7. The van der Waals surface area contributed by atoms with Crippen LogP contribution in [-0.2, 0) is 16.0 Å². The molecule has 5 nitrogen and oxygen atoms in total. The highest BCUT2D eigenvalue weighted by molar-refractivity contribution is 7.22. The van der Waals surface area contributed by atoms with Crippen molar-refractivity contribution in [3.63, 3.8) is 0 Å². The van der Waals surface area contributed by atoms with E-state index < -0.39 is 23.5 Å². The second-order valence-electron chi connectivity index (χ2n) is 8.24. The molecule has 3 aromatic carbocycles. The smallest absolute Gasteiger partial charge is 0.301 e. The van der Waals surface area contributed by atoms with Crippen molar-refractivity contribution >= 4 is 44.1 Å². The van der Waals surface area contributed by atoms with Gasteiger partial charge in [-0.25, -0.2) is 9.37 Å². The summed E-state index contributed by atoms with van der Waals surface area (Å²) in [7, 11) is 0. The van der Waals surface area contributed by atoms with Crippen molar-refractivity contribution in [3.05, 3.63) is 100 Å². The molecule has 1 aromatic heterocycles. The molecule has 5 rings (SSSR count). The molecule has 1 amide bonds. The Morgan fingerprint density at radius 1 is 1.06 bits per heavy atom. The molecule has 1 fully saturated rings. The van der Waals surface area contributed by atoms with Gasteiger partial charge in [-0.2, -0.15) is 0 Å². The van der Waals surface area contributed by atoms with Gasteiger partial charge in [0.1, 0.15) is 11.6 Å². The summed E-state index contributed by atoms with van der Waals surface area (Å²) in [5.41, 5.74) is 3.78. The molecule has 1 aliphatic heterocycles. The number of amides is 1. The second kappa shape index (κ2) is 8.50. The fourth-order valence-electron chi connectivity index (χ4n) is 4.14. The van der Waals surface area contributed by atoms with E-state index in [0.29, 0.717) is 10.7 Å². The standard InChI is InChI=1S/C27H21FN2O3S/c1-3-16-6-13-20-21(14-16)34-27(29-20)30-23(17-7-4-15(2)5-8-17)22(25(32)26(30)33)24(31)18-9-11-19(28)12-10-18/h4-14,23,31H,3H2,1-2H3/t23-/m0/s1. The van der Waals surface area contributed by atoms with E-state index in [4.69, 9.17) is 0 Å². The zero-order valence-electron chi connectivity index (χ0n) is 18.6. The minimum atomic E-state index is -0.864. The molecule has 1 atom stereocenters. The maximum Gasteiger partial charge on any atom is 0.301 e. The highest BCUT2D eigenvalue weighted by Crippen LogP contribution is 2.44. The summed E-state index contributed by atoms with van der Waals surface area (Å²) in [6.45, 7) is 4.01. The Labute approximate surface area is 199 Å². The maximum absolute atomic E-state index is 13.5. The first-order valence-corrected chi connectivity index (χ1v) is 11.7. The lowest BCUT2D eigenvalue weighted by Crippen LogP contribution is -2.29. The number of thiazole rings is 1. The van der Waals surface area contributed by atoms with Crippen molar-refractivity contribution in [1.29, 1.82) is 0 Å². The molecule has 2 heterocycles. The number of rotatable bonds is 4. The monoisotopic (exact) mass is 472 g/mol. The number of aliphatic hydroxyl groups excluding tert-OH is 1. The SMILES string of the molecule is CCc1ccc2nc(N3C(=O)C(=O)C(=C(O)c4ccc(F)cc4)[C@@H]3c3ccc(C)cc3)sc2c1. The van der Waals surface area contributed by atoms with Gasteiger partial charge in [-0.15, -0.1) is 0 Å². The zero-order valence-corrected chi connectivity index (χ0v) is 19.4. The van der Waals surface area contributed by atoms with Gasteiger partial charge in [-0.3, -0.25) is 14.5 Å². The van der Waals surface area contributed by atoms with Crippen LogP contribution >= 0.6 is 11.3 Å². The van der Waals surface area contributed by atoms with E-state index >= 15 is 0 Å². The molecular formula is C27H21FN2O3S. The lowest BCUT2D eigenvalue weighted by Gasteiger charge is -2.23. The van der Waals surface area contributed by atoms with Crippen LogP contribution in [0.3, 0.4) is 0 Å². The fourth-order valence-corrected chi connectivity index (χ4v) is 5.19. The lowest BCUT2D eigenvalue weighted by atomic mass is 9.95. The van der Waals surface area contributed by atoms with Crippen molar-refractivity contribution in [2.24, 2.45) is 0 Å². The van der Waals surface area contributed by atoms with Crippen LogP contribution in [0.2, 0.25) is 0 Å². The number of nitrogens with zero attached hydrogens (tertiary/aromatic N) is 2. The zero-order chi connectivity index (χ0) is 24.0. The minimum absolute atomic E-state index is 0.0473. The Morgan fingerprint density at radius 2 is 1.76 bits per heavy atom. The van der Waals surface area contributed by atoms with Crippen LogP contribution in [0.4, 0.5) is 9.52 Å². The number of ketones is 1. The molecule has 4 aromatic rings. The molecule has 1 aliphatic rings. The maximum atomic E-state index is 13.5. The van der Waals surface area contributed by atoms with Crippen LogP contribution in [0.1, 0.15) is 35.2 Å². The van der Waals surface area contributed by atoms with Crippen LogP contribution in [0.15, 0.2) is 72.3 Å². The first-order valence-electron chi connectivity index (χ1n) is 10.9. The van der Waals surface area contributed by atoms with Gasteiger partial charge in [0.15, 0.2) is 5.13 Å². The van der Waals surface area contributed by atoms with Gasteiger partial charge in [-0.1, -0.05) is 54.2 Å². The normalized spacial score (nSPS) is 17.6. The Morgan fingerprint density at radius 3 is 2.44 bits per heavy atom. The predicted octanol–water partition coefficient (Wildman–Crippen LogP) is 5.93. The molecule has 0 bridgehead atoms. The van der Waals surface area contributed by atoms with E-state index in [9.17, 15) is 19.1 Å². The number of halogens is 1. The van der Waals surface area contributed by atoms with Gasteiger partial charge in [0.2, 0.25) is 0 Å². The first-order chi connectivity index (χ1) is 16.4. The van der Waals surface area contributed by atoms with Crippen molar-refractivity contribution in [2.45, 2.75) is 26.3 Å².